The largest absolute Gasteiger partial charge is 0.383 e. The third-order valence-corrected chi connectivity index (χ3v) is 3.49. The van der Waals surface area contributed by atoms with E-state index in [4.69, 9.17) is 4.74 Å². The van der Waals surface area contributed by atoms with Crippen molar-refractivity contribution in [2.45, 2.75) is 25.8 Å². The van der Waals surface area contributed by atoms with E-state index >= 15 is 0 Å². The molecule has 5 nitrogen and oxygen atoms in total. The van der Waals surface area contributed by atoms with Gasteiger partial charge >= 0.3 is 6.03 Å². The summed E-state index contributed by atoms with van der Waals surface area (Å²) < 4.78 is 33.1. The van der Waals surface area contributed by atoms with E-state index in [0.717, 1.165) is 25.0 Å². The molecule has 1 fully saturated rings. The van der Waals surface area contributed by atoms with E-state index in [-0.39, 0.29) is 17.4 Å². The summed E-state index contributed by atoms with van der Waals surface area (Å²) in [6, 6.07) is 1.54. The maximum atomic E-state index is 14.1. The molecule has 1 saturated heterocycles. The SMILES string of the molecule is COCC(C)NC(=O)Nc1cc(F)c(N2CCCC2)c(F)c1. The van der Waals surface area contributed by atoms with Gasteiger partial charge in [-0.15, -0.1) is 0 Å². The molecule has 1 unspecified atom stereocenters. The van der Waals surface area contributed by atoms with Gasteiger partial charge in [0, 0.05) is 25.9 Å². The molecule has 22 heavy (non-hydrogen) atoms. The first kappa shape index (κ1) is 16.5. The minimum Gasteiger partial charge on any atom is -0.383 e. The second kappa shape index (κ2) is 7.40. The van der Waals surface area contributed by atoms with Crippen LogP contribution in [0.5, 0.6) is 0 Å². The Kier molecular flexibility index (Phi) is 5.54. The van der Waals surface area contributed by atoms with Crippen LogP contribution in [0.15, 0.2) is 12.1 Å². The second-order valence-corrected chi connectivity index (χ2v) is 5.44. The van der Waals surface area contributed by atoms with E-state index < -0.39 is 17.7 Å². The molecule has 1 heterocycles. The second-order valence-electron chi connectivity index (χ2n) is 5.44. The summed E-state index contributed by atoms with van der Waals surface area (Å²) in [6.07, 6.45) is 1.86. The topological polar surface area (TPSA) is 53.6 Å². The van der Waals surface area contributed by atoms with Crippen LogP contribution in [0.4, 0.5) is 25.0 Å². The van der Waals surface area contributed by atoms with Gasteiger partial charge in [0.1, 0.15) is 5.69 Å². The summed E-state index contributed by atoms with van der Waals surface area (Å²) in [7, 11) is 1.53. The zero-order chi connectivity index (χ0) is 16.1. The molecule has 1 aromatic rings. The summed E-state index contributed by atoms with van der Waals surface area (Å²) in [4.78, 5) is 13.4. The molecule has 2 amide bonds. The molecule has 1 atom stereocenters. The van der Waals surface area contributed by atoms with Gasteiger partial charge in [-0.05, 0) is 31.9 Å². The monoisotopic (exact) mass is 313 g/mol. The Morgan fingerprint density at radius 3 is 2.45 bits per heavy atom. The van der Waals surface area contributed by atoms with Crippen LogP contribution in [0.25, 0.3) is 0 Å². The van der Waals surface area contributed by atoms with E-state index in [1.54, 1.807) is 11.8 Å². The molecule has 0 bridgehead atoms. The van der Waals surface area contributed by atoms with Crippen LogP contribution in [0.2, 0.25) is 0 Å². The molecule has 0 aliphatic carbocycles. The molecule has 0 radical (unpaired) electrons. The predicted molar refractivity (Wildman–Crippen MR) is 81.3 cm³/mol. The molecule has 2 N–H and O–H groups in total. The van der Waals surface area contributed by atoms with E-state index in [1.165, 1.54) is 7.11 Å². The van der Waals surface area contributed by atoms with Crippen molar-refractivity contribution >= 4 is 17.4 Å². The number of anilines is 2. The summed E-state index contributed by atoms with van der Waals surface area (Å²) in [5.41, 5.74) is 0.0660. The first-order valence-electron chi connectivity index (χ1n) is 7.31. The van der Waals surface area contributed by atoms with Crippen molar-refractivity contribution in [2.75, 3.05) is 37.0 Å². The van der Waals surface area contributed by atoms with Crippen molar-refractivity contribution in [1.82, 2.24) is 5.32 Å². The summed E-state index contributed by atoms with van der Waals surface area (Å²) >= 11 is 0. The number of nitrogens with zero attached hydrogens (tertiary/aromatic N) is 1. The van der Waals surface area contributed by atoms with Gasteiger partial charge in [-0.3, -0.25) is 0 Å². The van der Waals surface area contributed by atoms with Crippen LogP contribution in [-0.2, 0) is 4.74 Å². The zero-order valence-corrected chi connectivity index (χ0v) is 12.8. The maximum absolute atomic E-state index is 14.1. The van der Waals surface area contributed by atoms with Gasteiger partial charge in [0.2, 0.25) is 0 Å². The lowest BCUT2D eigenvalue weighted by Crippen LogP contribution is -2.38. The number of ether oxygens (including phenoxy) is 1. The Bertz CT molecular complexity index is 511. The average molecular weight is 313 g/mol. The van der Waals surface area contributed by atoms with Gasteiger partial charge in [0.05, 0.1) is 12.6 Å². The smallest absolute Gasteiger partial charge is 0.319 e. The number of nitrogens with one attached hydrogen (secondary N) is 2. The number of methoxy groups -OCH3 is 1. The summed E-state index contributed by atoms with van der Waals surface area (Å²) in [5.74, 6) is -1.33. The number of halogens is 2. The Labute approximate surface area is 128 Å². The summed E-state index contributed by atoms with van der Waals surface area (Å²) in [6.45, 7) is 3.41. The van der Waals surface area contributed by atoms with Crippen LogP contribution >= 0.6 is 0 Å². The highest BCUT2D eigenvalue weighted by Gasteiger charge is 2.21. The Morgan fingerprint density at radius 2 is 1.91 bits per heavy atom. The number of benzene rings is 1. The lowest BCUT2D eigenvalue weighted by molar-refractivity contribution is 0.173. The minimum absolute atomic E-state index is 0.0174. The zero-order valence-electron chi connectivity index (χ0n) is 12.8. The summed E-state index contributed by atoms with van der Waals surface area (Å²) in [5, 5.41) is 5.03. The van der Waals surface area contributed by atoms with Crippen molar-refractivity contribution in [2.24, 2.45) is 0 Å². The third-order valence-electron chi connectivity index (χ3n) is 3.49. The quantitative estimate of drug-likeness (QED) is 0.879. The lowest BCUT2D eigenvalue weighted by atomic mass is 10.2. The van der Waals surface area contributed by atoms with Gasteiger partial charge < -0.3 is 20.3 Å². The lowest BCUT2D eigenvalue weighted by Gasteiger charge is -2.20. The number of hydrogen-bond donors (Lipinski definition) is 2. The van der Waals surface area contributed by atoms with Crippen LogP contribution < -0.4 is 15.5 Å². The fraction of sp³-hybridized carbons (Fsp3) is 0.533. The molecule has 1 aromatic carbocycles. The molecule has 0 saturated carbocycles. The highest BCUT2D eigenvalue weighted by atomic mass is 19.1. The van der Waals surface area contributed by atoms with E-state index in [1.807, 2.05) is 0 Å². The van der Waals surface area contributed by atoms with E-state index in [9.17, 15) is 13.6 Å². The normalized spacial score (nSPS) is 15.7. The van der Waals surface area contributed by atoms with Gasteiger partial charge in [-0.25, -0.2) is 13.6 Å². The number of hydrogen-bond acceptors (Lipinski definition) is 3. The van der Waals surface area contributed by atoms with Crippen LogP contribution in [0.3, 0.4) is 0 Å². The fourth-order valence-electron chi connectivity index (χ4n) is 2.56. The van der Waals surface area contributed by atoms with Crippen molar-refractivity contribution in [3.8, 4) is 0 Å². The Hall–Kier alpha value is -1.89. The van der Waals surface area contributed by atoms with E-state index in [0.29, 0.717) is 19.7 Å². The number of urea groups is 1. The van der Waals surface area contributed by atoms with Crippen LogP contribution in [0, 0.1) is 11.6 Å². The van der Waals surface area contributed by atoms with Gasteiger partial charge in [0.15, 0.2) is 11.6 Å². The molecule has 2 rings (SSSR count). The Morgan fingerprint density at radius 1 is 1.32 bits per heavy atom. The molecular formula is C15H21F2N3O2. The molecule has 0 aromatic heterocycles. The van der Waals surface area contributed by atoms with Crippen LogP contribution in [0.1, 0.15) is 19.8 Å². The third kappa shape index (κ3) is 4.07. The molecule has 1 aliphatic rings. The molecule has 0 spiro atoms. The van der Waals surface area contributed by atoms with Crippen molar-refractivity contribution < 1.29 is 18.3 Å². The number of carbonyl (C=O) groups excluding carboxylic acids is 1. The number of rotatable bonds is 5. The molecule has 7 heteroatoms. The van der Waals surface area contributed by atoms with Gasteiger partial charge in [0.25, 0.3) is 0 Å². The number of amides is 2. The fourth-order valence-corrected chi connectivity index (χ4v) is 2.56. The highest BCUT2D eigenvalue weighted by Crippen LogP contribution is 2.29. The molecule has 1 aliphatic heterocycles. The first-order chi connectivity index (χ1) is 10.5. The Balaban J connectivity index is 2.05. The molecule has 122 valence electrons. The van der Waals surface area contributed by atoms with Gasteiger partial charge in [-0.1, -0.05) is 0 Å². The van der Waals surface area contributed by atoms with Crippen molar-refractivity contribution in [3.05, 3.63) is 23.8 Å². The average Bonchev–Trinajstić information content (AvgIpc) is 2.91. The van der Waals surface area contributed by atoms with E-state index in [2.05, 4.69) is 10.6 Å². The van der Waals surface area contributed by atoms with Gasteiger partial charge in [-0.2, -0.15) is 0 Å². The maximum Gasteiger partial charge on any atom is 0.319 e. The predicted octanol–water partition coefficient (Wildman–Crippen LogP) is 2.72. The standard InChI is InChI=1S/C15H21F2N3O2/c1-10(9-22-2)18-15(21)19-11-7-12(16)14(13(17)8-11)20-5-3-4-6-20/h7-8,10H,3-6,9H2,1-2H3,(H2,18,19,21). The van der Waals surface area contributed by atoms with Crippen LogP contribution in [-0.4, -0.2) is 38.9 Å². The first-order valence-corrected chi connectivity index (χ1v) is 7.31. The highest BCUT2D eigenvalue weighted by molar-refractivity contribution is 5.89. The molecular weight excluding hydrogens is 292 g/mol. The minimum atomic E-state index is -0.665. The number of carbonyl (C=O) groups is 1. The van der Waals surface area contributed by atoms with Crippen molar-refractivity contribution in [3.63, 3.8) is 0 Å². The van der Waals surface area contributed by atoms with Crippen molar-refractivity contribution in [1.29, 1.82) is 0 Å².